The number of nitrogen functional groups attached to an aromatic ring is 1. The number of nitrogens with two attached hydrogens (primary N) is 1. The summed E-state index contributed by atoms with van der Waals surface area (Å²) in [6, 6.07) is 0.690. The molecule has 0 radical (unpaired) electrons. The second-order valence-corrected chi connectivity index (χ2v) is 6.72. The molecule has 0 aromatic carbocycles. The third-order valence-electron chi connectivity index (χ3n) is 4.93. The largest absolute Gasteiger partial charge is 0.468 e. The average Bonchev–Trinajstić information content (AvgIpc) is 3.07. The van der Waals surface area contributed by atoms with Crippen molar-refractivity contribution in [2.75, 3.05) is 39.3 Å². The van der Waals surface area contributed by atoms with E-state index in [1.165, 1.54) is 0 Å². The van der Waals surface area contributed by atoms with Crippen LogP contribution in [0.5, 0.6) is 12.0 Å². The summed E-state index contributed by atoms with van der Waals surface area (Å²) in [5.74, 6) is 0.732. The average molecular weight is 363 g/mol. The first-order valence-electron chi connectivity index (χ1n) is 9.18. The minimum Gasteiger partial charge on any atom is -0.468 e. The van der Waals surface area contributed by atoms with Crippen LogP contribution in [0.2, 0.25) is 0 Å². The smallest absolute Gasteiger partial charge is 0.320 e. The Bertz CT molecular complexity index is 753. The molecule has 9 heteroatoms. The highest BCUT2D eigenvalue weighted by Gasteiger charge is 2.26. The molecular weight excluding hydrogens is 338 g/mol. The summed E-state index contributed by atoms with van der Waals surface area (Å²) in [4.78, 5) is 13.3. The topological polar surface area (TPSA) is 107 Å². The molecule has 142 valence electrons. The fourth-order valence-corrected chi connectivity index (χ4v) is 3.46. The van der Waals surface area contributed by atoms with Crippen LogP contribution in [0.1, 0.15) is 38.3 Å². The van der Waals surface area contributed by atoms with Crippen LogP contribution in [0.4, 0.5) is 5.82 Å². The Hall–Kier alpha value is -2.13. The Morgan fingerprint density at radius 3 is 2.69 bits per heavy atom. The van der Waals surface area contributed by atoms with Gasteiger partial charge < -0.3 is 24.7 Å². The molecule has 2 aromatic rings. The van der Waals surface area contributed by atoms with Gasteiger partial charge in [-0.15, -0.1) is 0 Å². The maximum Gasteiger partial charge on any atom is 0.320 e. The minimum atomic E-state index is -0.165. The lowest BCUT2D eigenvalue weighted by molar-refractivity contribution is -0.0334. The fourth-order valence-electron chi connectivity index (χ4n) is 3.46. The van der Waals surface area contributed by atoms with Gasteiger partial charge in [-0.25, -0.2) is 0 Å². The number of anilines is 1. The van der Waals surface area contributed by atoms with Gasteiger partial charge in [-0.2, -0.15) is 15.0 Å². The molecule has 2 aliphatic rings. The molecule has 0 bridgehead atoms. The Balaban J connectivity index is 1.63. The van der Waals surface area contributed by atoms with E-state index in [1.807, 2.05) is 4.57 Å². The van der Waals surface area contributed by atoms with E-state index in [2.05, 4.69) is 15.0 Å². The van der Waals surface area contributed by atoms with Crippen LogP contribution < -0.4 is 15.2 Å². The first-order chi connectivity index (χ1) is 12.8. The van der Waals surface area contributed by atoms with Gasteiger partial charge >= 0.3 is 12.0 Å². The molecule has 0 saturated carbocycles. The zero-order valence-electron chi connectivity index (χ0n) is 15.0. The lowest BCUT2D eigenvalue weighted by Crippen LogP contribution is -2.22. The first-order valence-corrected chi connectivity index (χ1v) is 9.18. The standard InChI is InChI=1S/C17H25N5O4/c1-23-17-19-13-14(18)20-16(26-10-11-5-8-24-9-6-11)21-15(13)22(17)12-4-2-3-7-25-12/h11-12H,2-10H2,1H3,(H2,18,20,21). The Morgan fingerprint density at radius 2 is 1.96 bits per heavy atom. The van der Waals surface area contributed by atoms with Crippen LogP contribution in [0.25, 0.3) is 11.2 Å². The van der Waals surface area contributed by atoms with Crippen LogP contribution in [-0.4, -0.2) is 53.1 Å². The van der Waals surface area contributed by atoms with Gasteiger partial charge in [-0.3, -0.25) is 4.57 Å². The number of fused-ring (bicyclic) bond motifs is 1. The number of hydrogen-bond acceptors (Lipinski definition) is 8. The molecule has 0 amide bonds. The fraction of sp³-hybridized carbons (Fsp3) is 0.706. The molecule has 4 rings (SSSR count). The molecule has 9 nitrogen and oxygen atoms in total. The van der Waals surface area contributed by atoms with Gasteiger partial charge in [0, 0.05) is 19.8 Å². The Labute approximate surface area is 151 Å². The third kappa shape index (κ3) is 3.41. The van der Waals surface area contributed by atoms with Crippen LogP contribution in [0.15, 0.2) is 0 Å². The molecule has 0 aliphatic carbocycles. The zero-order chi connectivity index (χ0) is 17.9. The molecule has 2 fully saturated rings. The summed E-state index contributed by atoms with van der Waals surface area (Å²) in [7, 11) is 1.58. The van der Waals surface area contributed by atoms with Gasteiger partial charge in [0.1, 0.15) is 6.23 Å². The van der Waals surface area contributed by atoms with Crippen LogP contribution >= 0.6 is 0 Å². The third-order valence-corrected chi connectivity index (χ3v) is 4.93. The van der Waals surface area contributed by atoms with Crippen LogP contribution in [0, 0.1) is 5.92 Å². The number of nitrogens with zero attached hydrogens (tertiary/aromatic N) is 4. The predicted octanol–water partition coefficient (Wildman–Crippen LogP) is 1.92. The summed E-state index contributed by atoms with van der Waals surface area (Å²) in [6.07, 6.45) is 4.83. The van der Waals surface area contributed by atoms with E-state index in [4.69, 9.17) is 24.7 Å². The van der Waals surface area contributed by atoms with E-state index in [0.717, 1.165) is 45.3 Å². The maximum absolute atomic E-state index is 6.11. The molecular formula is C17H25N5O4. The summed E-state index contributed by atoms with van der Waals surface area (Å²) in [5.41, 5.74) is 7.20. The lowest BCUT2D eigenvalue weighted by Gasteiger charge is -2.25. The normalized spacial score (nSPS) is 21.8. The number of imidazole rings is 1. The summed E-state index contributed by atoms with van der Waals surface area (Å²) >= 11 is 0. The highest BCUT2D eigenvalue weighted by molar-refractivity contribution is 5.83. The van der Waals surface area contributed by atoms with Gasteiger partial charge in [0.2, 0.25) is 0 Å². The molecule has 2 aromatic heterocycles. The van der Waals surface area contributed by atoms with Gasteiger partial charge in [0.25, 0.3) is 0 Å². The monoisotopic (exact) mass is 363 g/mol. The van der Waals surface area contributed by atoms with Gasteiger partial charge in [0.15, 0.2) is 17.0 Å². The molecule has 1 atom stereocenters. The quantitative estimate of drug-likeness (QED) is 0.859. The Morgan fingerprint density at radius 1 is 1.12 bits per heavy atom. The summed E-state index contributed by atoms with van der Waals surface area (Å²) in [5, 5.41) is 0. The van der Waals surface area contributed by atoms with Crippen molar-refractivity contribution in [1.82, 2.24) is 19.5 Å². The maximum atomic E-state index is 6.11. The van der Waals surface area contributed by atoms with Crippen molar-refractivity contribution < 1.29 is 18.9 Å². The molecule has 4 heterocycles. The molecule has 2 N–H and O–H groups in total. The lowest BCUT2D eigenvalue weighted by atomic mass is 10.0. The number of rotatable bonds is 5. The van der Waals surface area contributed by atoms with E-state index < -0.39 is 0 Å². The van der Waals surface area contributed by atoms with Crippen LogP contribution in [-0.2, 0) is 9.47 Å². The molecule has 1 unspecified atom stereocenters. The highest BCUT2D eigenvalue weighted by Crippen LogP contribution is 2.33. The number of methoxy groups -OCH3 is 1. The molecule has 26 heavy (non-hydrogen) atoms. The van der Waals surface area contributed by atoms with E-state index in [0.29, 0.717) is 36.3 Å². The van der Waals surface area contributed by atoms with Gasteiger partial charge in [-0.05, 0) is 38.0 Å². The molecule has 0 spiro atoms. The summed E-state index contributed by atoms with van der Waals surface area (Å²) < 4.78 is 24.4. The second-order valence-electron chi connectivity index (χ2n) is 6.72. The number of ether oxygens (including phenoxy) is 4. The van der Waals surface area contributed by atoms with Crippen molar-refractivity contribution in [3.63, 3.8) is 0 Å². The summed E-state index contributed by atoms with van der Waals surface area (Å²) in [6.45, 7) is 2.82. The molecule has 2 saturated heterocycles. The zero-order valence-corrected chi connectivity index (χ0v) is 15.0. The van der Waals surface area contributed by atoms with Gasteiger partial charge in [-0.1, -0.05) is 0 Å². The number of hydrogen-bond donors (Lipinski definition) is 1. The van der Waals surface area contributed by atoms with Gasteiger partial charge in [0.05, 0.1) is 13.7 Å². The highest BCUT2D eigenvalue weighted by atomic mass is 16.5. The van der Waals surface area contributed by atoms with E-state index in [-0.39, 0.29) is 18.1 Å². The van der Waals surface area contributed by atoms with Crippen molar-refractivity contribution in [2.45, 2.75) is 38.3 Å². The minimum absolute atomic E-state index is 0.165. The number of aromatic nitrogens is 4. The van der Waals surface area contributed by atoms with Crippen LogP contribution in [0.3, 0.4) is 0 Å². The first kappa shape index (κ1) is 17.3. The Kier molecular flexibility index (Phi) is 5.07. The van der Waals surface area contributed by atoms with Crippen molar-refractivity contribution in [2.24, 2.45) is 5.92 Å². The van der Waals surface area contributed by atoms with Crippen molar-refractivity contribution in [3.05, 3.63) is 0 Å². The van der Waals surface area contributed by atoms with Crippen molar-refractivity contribution >= 4 is 17.0 Å². The molecule has 2 aliphatic heterocycles. The van der Waals surface area contributed by atoms with Crippen molar-refractivity contribution in [3.8, 4) is 12.0 Å². The second kappa shape index (κ2) is 7.63. The predicted molar refractivity (Wildman–Crippen MR) is 94.2 cm³/mol. The van der Waals surface area contributed by atoms with Crippen molar-refractivity contribution in [1.29, 1.82) is 0 Å². The van der Waals surface area contributed by atoms with E-state index in [9.17, 15) is 0 Å². The SMILES string of the molecule is COc1nc2c(N)nc(OCC3CCOCC3)nc2n1C1CCCCO1. The van der Waals surface area contributed by atoms with E-state index in [1.54, 1.807) is 7.11 Å². The van der Waals surface area contributed by atoms with E-state index >= 15 is 0 Å².